The van der Waals surface area contributed by atoms with E-state index in [-0.39, 0.29) is 0 Å². The van der Waals surface area contributed by atoms with Gasteiger partial charge in [0.15, 0.2) is 0 Å². The first-order chi connectivity index (χ1) is 5.95. The molecule has 0 saturated carbocycles. The van der Waals surface area contributed by atoms with Crippen LogP contribution >= 0.6 is 0 Å². The van der Waals surface area contributed by atoms with Crippen molar-refractivity contribution in [2.75, 3.05) is 0 Å². The lowest BCUT2D eigenvalue weighted by molar-refractivity contribution is 0.993. The van der Waals surface area contributed by atoms with Crippen molar-refractivity contribution in [3.8, 4) is 0 Å². The monoisotopic (exact) mass is 156 g/mol. The summed E-state index contributed by atoms with van der Waals surface area (Å²) in [6.45, 7) is 0. The first-order valence-corrected chi connectivity index (χ1v) is 4.76. The fourth-order valence-electron chi connectivity index (χ4n) is 2.45. The second-order valence-electron chi connectivity index (χ2n) is 3.69. The summed E-state index contributed by atoms with van der Waals surface area (Å²) in [6, 6.07) is 4.56. The summed E-state index contributed by atoms with van der Waals surface area (Å²) in [7, 11) is 0. The Morgan fingerprint density at radius 3 is 1.75 bits per heavy atom. The van der Waals surface area contributed by atoms with E-state index >= 15 is 0 Å². The zero-order valence-electron chi connectivity index (χ0n) is 7.14. The first-order valence-electron chi connectivity index (χ1n) is 4.76. The van der Waals surface area contributed by atoms with Crippen molar-refractivity contribution in [3.63, 3.8) is 0 Å². The van der Waals surface area contributed by atoms with Crippen molar-refractivity contribution >= 4 is 12.2 Å². The Labute approximate surface area is 72.2 Å². The number of fused-ring (bicyclic) bond motifs is 3. The molecule has 3 rings (SSSR count). The maximum Gasteiger partial charge on any atom is -0.0235 e. The van der Waals surface area contributed by atoms with Crippen molar-refractivity contribution < 1.29 is 0 Å². The van der Waals surface area contributed by atoms with Crippen LogP contribution in [0.25, 0.3) is 12.2 Å². The van der Waals surface area contributed by atoms with Crippen LogP contribution < -0.4 is 10.4 Å². The summed E-state index contributed by atoms with van der Waals surface area (Å²) in [5.74, 6) is 0. The molecule has 0 radical (unpaired) electrons. The van der Waals surface area contributed by atoms with Gasteiger partial charge in [0, 0.05) is 0 Å². The zero-order valence-corrected chi connectivity index (χ0v) is 7.14. The van der Waals surface area contributed by atoms with Gasteiger partial charge in [-0.05, 0) is 47.2 Å². The molecule has 60 valence electrons. The van der Waals surface area contributed by atoms with Crippen molar-refractivity contribution in [1.29, 1.82) is 0 Å². The topological polar surface area (TPSA) is 0 Å². The molecule has 0 N–H and O–H groups in total. The van der Waals surface area contributed by atoms with E-state index in [2.05, 4.69) is 24.3 Å². The highest BCUT2D eigenvalue weighted by atomic mass is 14.2. The predicted octanol–water partition coefficient (Wildman–Crippen LogP) is 1.14. The molecule has 1 aromatic rings. The molecule has 0 aromatic heterocycles. The van der Waals surface area contributed by atoms with Crippen LogP contribution in [0.4, 0.5) is 0 Å². The zero-order chi connectivity index (χ0) is 7.97. The van der Waals surface area contributed by atoms with Crippen molar-refractivity contribution in [2.24, 2.45) is 0 Å². The SMILES string of the molecule is C1=c2ccc3c(c2CC1)CCC=3. The second kappa shape index (κ2) is 2.22. The summed E-state index contributed by atoms with van der Waals surface area (Å²) in [5.41, 5.74) is 3.28. The molecule has 0 spiro atoms. The lowest BCUT2D eigenvalue weighted by atomic mass is 10.0. The molecule has 0 heteroatoms. The molecule has 1 aromatic carbocycles. The summed E-state index contributed by atoms with van der Waals surface area (Å²) in [5, 5.41) is 3.01. The molecule has 0 atom stereocenters. The second-order valence-corrected chi connectivity index (χ2v) is 3.69. The highest BCUT2D eigenvalue weighted by molar-refractivity contribution is 5.47. The molecular formula is C12H12. The molecule has 0 heterocycles. The minimum absolute atomic E-state index is 1.26. The lowest BCUT2D eigenvalue weighted by Gasteiger charge is -2.01. The van der Waals surface area contributed by atoms with Gasteiger partial charge >= 0.3 is 0 Å². The molecule has 0 bridgehead atoms. The fraction of sp³-hybridized carbons (Fsp3) is 0.333. The molecule has 0 amide bonds. The van der Waals surface area contributed by atoms with E-state index in [1.807, 2.05) is 0 Å². The van der Waals surface area contributed by atoms with Crippen molar-refractivity contribution in [2.45, 2.75) is 25.7 Å². The molecule has 2 aliphatic carbocycles. The van der Waals surface area contributed by atoms with Crippen LogP contribution in [0.3, 0.4) is 0 Å². The van der Waals surface area contributed by atoms with Gasteiger partial charge in [0.05, 0.1) is 0 Å². The molecule has 0 aliphatic heterocycles. The number of benzene rings is 1. The smallest absolute Gasteiger partial charge is 0.0235 e. The molecule has 0 nitrogen and oxygen atoms in total. The minimum atomic E-state index is 1.26. The van der Waals surface area contributed by atoms with Crippen LogP contribution in [0, 0.1) is 0 Å². The third kappa shape index (κ3) is 0.726. The van der Waals surface area contributed by atoms with E-state index < -0.39 is 0 Å². The Morgan fingerprint density at radius 2 is 1.25 bits per heavy atom. The number of hydrogen-bond donors (Lipinski definition) is 0. The molecular weight excluding hydrogens is 144 g/mol. The van der Waals surface area contributed by atoms with Gasteiger partial charge < -0.3 is 0 Å². The standard InChI is InChI=1S/C12H12/c1-3-9-7-8-10-4-2-6-12(10)11(9)5-1/h3-4,7-8H,1-2,5-6H2. The molecule has 0 saturated heterocycles. The Morgan fingerprint density at radius 1 is 0.750 bits per heavy atom. The molecule has 0 fully saturated rings. The van der Waals surface area contributed by atoms with Crippen LogP contribution in [-0.2, 0) is 12.8 Å². The van der Waals surface area contributed by atoms with Crippen LogP contribution in [0.2, 0.25) is 0 Å². The maximum absolute atomic E-state index is 2.37. The maximum atomic E-state index is 2.37. The minimum Gasteiger partial charge on any atom is -0.0766 e. The third-order valence-electron chi connectivity index (χ3n) is 3.02. The van der Waals surface area contributed by atoms with Gasteiger partial charge in [0.2, 0.25) is 0 Å². The Hall–Kier alpha value is -1.04. The van der Waals surface area contributed by atoms with Gasteiger partial charge in [-0.15, -0.1) is 0 Å². The van der Waals surface area contributed by atoms with E-state index in [1.165, 1.54) is 36.1 Å². The first kappa shape index (κ1) is 6.47. The Balaban J connectivity index is 2.44. The van der Waals surface area contributed by atoms with Crippen LogP contribution in [0.5, 0.6) is 0 Å². The largest absolute Gasteiger partial charge is 0.0766 e. The summed E-state index contributed by atoms with van der Waals surface area (Å²) in [4.78, 5) is 0. The highest BCUT2D eigenvalue weighted by Crippen LogP contribution is 2.14. The summed E-state index contributed by atoms with van der Waals surface area (Å²) < 4.78 is 0. The number of rotatable bonds is 0. The van der Waals surface area contributed by atoms with Crippen LogP contribution in [-0.4, -0.2) is 0 Å². The van der Waals surface area contributed by atoms with E-state index in [1.54, 1.807) is 11.1 Å². The van der Waals surface area contributed by atoms with E-state index in [0.29, 0.717) is 0 Å². The average molecular weight is 156 g/mol. The van der Waals surface area contributed by atoms with Gasteiger partial charge in [-0.25, -0.2) is 0 Å². The van der Waals surface area contributed by atoms with Gasteiger partial charge in [-0.2, -0.15) is 0 Å². The third-order valence-corrected chi connectivity index (χ3v) is 3.02. The van der Waals surface area contributed by atoms with E-state index in [9.17, 15) is 0 Å². The molecule has 2 aliphatic rings. The molecule has 12 heavy (non-hydrogen) atoms. The van der Waals surface area contributed by atoms with Crippen molar-refractivity contribution in [3.05, 3.63) is 33.7 Å². The van der Waals surface area contributed by atoms with Crippen LogP contribution in [0.15, 0.2) is 12.1 Å². The summed E-state index contributed by atoms with van der Waals surface area (Å²) >= 11 is 0. The fourth-order valence-corrected chi connectivity index (χ4v) is 2.45. The van der Waals surface area contributed by atoms with Gasteiger partial charge in [-0.1, -0.05) is 24.3 Å². The lowest BCUT2D eigenvalue weighted by Crippen LogP contribution is -2.15. The Kier molecular flexibility index (Phi) is 1.20. The Bertz CT molecular complexity index is 395. The van der Waals surface area contributed by atoms with Gasteiger partial charge in [0.1, 0.15) is 0 Å². The normalized spacial score (nSPS) is 18.0. The average Bonchev–Trinajstić information content (AvgIpc) is 2.71. The highest BCUT2D eigenvalue weighted by Gasteiger charge is 2.11. The van der Waals surface area contributed by atoms with Crippen molar-refractivity contribution in [1.82, 2.24) is 0 Å². The van der Waals surface area contributed by atoms with Gasteiger partial charge in [0.25, 0.3) is 0 Å². The van der Waals surface area contributed by atoms with Crippen LogP contribution in [0.1, 0.15) is 24.0 Å². The summed E-state index contributed by atoms with van der Waals surface area (Å²) in [6.07, 6.45) is 9.82. The molecule has 0 unspecified atom stereocenters. The van der Waals surface area contributed by atoms with E-state index in [4.69, 9.17) is 0 Å². The van der Waals surface area contributed by atoms with Gasteiger partial charge in [-0.3, -0.25) is 0 Å². The quantitative estimate of drug-likeness (QED) is 0.528. The van der Waals surface area contributed by atoms with E-state index in [0.717, 1.165) is 0 Å². The predicted molar refractivity (Wildman–Crippen MR) is 51.3 cm³/mol. The number of hydrogen-bond acceptors (Lipinski definition) is 0.